The van der Waals surface area contributed by atoms with Gasteiger partial charge < -0.3 is 14.0 Å². The zero-order chi connectivity index (χ0) is 37.1. The van der Waals surface area contributed by atoms with Crippen molar-refractivity contribution in [3.8, 4) is 22.5 Å². The molecule has 0 aliphatic heterocycles. The summed E-state index contributed by atoms with van der Waals surface area (Å²) in [6, 6.07) is 70.7. The van der Waals surface area contributed by atoms with E-state index < -0.39 is 0 Å². The van der Waals surface area contributed by atoms with Crippen molar-refractivity contribution in [3.63, 3.8) is 0 Å². The van der Waals surface area contributed by atoms with Crippen LogP contribution in [0.4, 0.5) is 17.1 Å². The number of hydrogen-bond donors (Lipinski definition) is 0. The van der Waals surface area contributed by atoms with Crippen molar-refractivity contribution in [1.29, 1.82) is 0 Å². The number of nitrogens with zero attached hydrogens (tertiary/aromatic N) is 3. The van der Waals surface area contributed by atoms with Crippen molar-refractivity contribution < 1.29 is 0 Å². The van der Waals surface area contributed by atoms with Crippen molar-refractivity contribution in [3.05, 3.63) is 200 Å². The van der Waals surface area contributed by atoms with Crippen molar-refractivity contribution >= 4 is 60.7 Å². The monoisotopic (exact) mass is 707 g/mol. The van der Waals surface area contributed by atoms with E-state index >= 15 is 0 Å². The molecule has 0 bridgehead atoms. The van der Waals surface area contributed by atoms with Crippen LogP contribution in [0, 0.1) is 0 Å². The predicted molar refractivity (Wildman–Crippen MR) is 234 cm³/mol. The summed E-state index contributed by atoms with van der Waals surface area (Å²) in [5, 5.41) is 4.91. The van der Waals surface area contributed by atoms with Crippen LogP contribution >= 0.6 is 0 Å². The Bertz CT molecular complexity index is 2860. The van der Waals surface area contributed by atoms with E-state index in [2.05, 4.69) is 229 Å². The molecule has 10 rings (SSSR count). The molecular weight excluding hydrogens is 667 g/mol. The third-order valence-electron chi connectivity index (χ3n) is 11.0. The second-order valence-electron chi connectivity index (χ2n) is 15.5. The lowest BCUT2D eigenvalue weighted by Gasteiger charge is -2.27. The summed E-state index contributed by atoms with van der Waals surface area (Å²) >= 11 is 0. The van der Waals surface area contributed by atoms with Crippen LogP contribution in [0.3, 0.4) is 0 Å². The third-order valence-corrected chi connectivity index (χ3v) is 11.0. The molecule has 0 saturated carbocycles. The summed E-state index contributed by atoms with van der Waals surface area (Å²) in [7, 11) is 0. The Labute approximate surface area is 322 Å². The van der Waals surface area contributed by atoms with E-state index in [0.717, 1.165) is 28.4 Å². The first-order valence-electron chi connectivity index (χ1n) is 19.1. The van der Waals surface area contributed by atoms with Gasteiger partial charge in [-0.2, -0.15) is 0 Å². The van der Waals surface area contributed by atoms with E-state index in [4.69, 9.17) is 0 Å². The summed E-state index contributed by atoms with van der Waals surface area (Å²) in [6.07, 6.45) is 0. The standard InChI is InChI=1S/C52H41N3/c1-52(2,3)47-26-13-10-23-42(47)36-17-16-22-39(33-36)53(40-29-31-50-45(34-40)43-24-11-14-27-48(43)54(50)37-18-6-4-7-19-37)41-30-32-51-46(35-41)44-25-12-15-28-49(44)55(51)38-20-8-5-9-21-38/h4-35H,1-3H3. The van der Waals surface area contributed by atoms with E-state index in [1.54, 1.807) is 0 Å². The Kier molecular flexibility index (Phi) is 7.71. The van der Waals surface area contributed by atoms with Crippen LogP contribution in [-0.4, -0.2) is 9.13 Å². The Hall–Kier alpha value is -6.84. The van der Waals surface area contributed by atoms with Crippen LogP contribution < -0.4 is 4.90 Å². The lowest BCUT2D eigenvalue weighted by molar-refractivity contribution is 0.592. The van der Waals surface area contributed by atoms with Crippen molar-refractivity contribution in [2.45, 2.75) is 26.2 Å². The molecule has 2 heterocycles. The topological polar surface area (TPSA) is 13.1 Å². The van der Waals surface area contributed by atoms with Crippen LogP contribution in [0.5, 0.6) is 0 Å². The predicted octanol–water partition coefficient (Wildman–Crippen LogP) is 14.3. The van der Waals surface area contributed by atoms with E-state index in [1.807, 2.05) is 0 Å². The molecule has 0 N–H and O–H groups in total. The fourth-order valence-corrected chi connectivity index (χ4v) is 8.56. The molecule has 264 valence electrons. The molecule has 0 fully saturated rings. The van der Waals surface area contributed by atoms with Gasteiger partial charge in [-0.1, -0.05) is 130 Å². The maximum absolute atomic E-state index is 2.44. The third kappa shape index (κ3) is 5.51. The molecule has 8 aromatic carbocycles. The lowest BCUT2D eigenvalue weighted by atomic mass is 9.82. The summed E-state index contributed by atoms with van der Waals surface area (Å²) in [4.78, 5) is 2.44. The minimum atomic E-state index is 0.00227. The molecule has 0 spiro atoms. The highest BCUT2D eigenvalue weighted by molar-refractivity contribution is 6.12. The Morgan fingerprint density at radius 1 is 0.364 bits per heavy atom. The summed E-state index contributed by atoms with van der Waals surface area (Å²) in [5.74, 6) is 0. The number of rotatable bonds is 6. The fourth-order valence-electron chi connectivity index (χ4n) is 8.56. The summed E-state index contributed by atoms with van der Waals surface area (Å²) < 4.78 is 4.76. The first kappa shape index (κ1) is 32.8. The maximum atomic E-state index is 2.44. The van der Waals surface area contributed by atoms with Gasteiger partial charge in [0.1, 0.15) is 0 Å². The minimum Gasteiger partial charge on any atom is -0.310 e. The highest BCUT2D eigenvalue weighted by Crippen LogP contribution is 2.44. The second-order valence-corrected chi connectivity index (χ2v) is 15.5. The largest absolute Gasteiger partial charge is 0.310 e. The van der Waals surface area contributed by atoms with Gasteiger partial charge in [0.15, 0.2) is 0 Å². The average molecular weight is 708 g/mol. The Balaban J connectivity index is 1.23. The number of benzene rings is 8. The molecule has 0 atom stereocenters. The average Bonchev–Trinajstić information content (AvgIpc) is 3.74. The molecule has 0 unspecified atom stereocenters. The van der Waals surface area contributed by atoms with Crippen LogP contribution in [0.15, 0.2) is 194 Å². The van der Waals surface area contributed by atoms with E-state index in [0.29, 0.717) is 0 Å². The summed E-state index contributed by atoms with van der Waals surface area (Å²) in [6.45, 7) is 6.89. The molecule has 3 nitrogen and oxygen atoms in total. The zero-order valence-electron chi connectivity index (χ0n) is 31.3. The number of aromatic nitrogens is 2. The number of para-hydroxylation sites is 4. The van der Waals surface area contributed by atoms with Gasteiger partial charge in [-0.05, 0) is 107 Å². The molecule has 0 saturated heterocycles. The molecule has 2 aromatic heterocycles. The SMILES string of the molecule is CC(C)(C)c1ccccc1-c1cccc(N(c2ccc3c(c2)c2ccccc2n3-c2ccccc2)c2ccc3c(c2)c2ccccc2n3-c2ccccc2)c1. The van der Waals surface area contributed by atoms with Gasteiger partial charge in [0.2, 0.25) is 0 Å². The van der Waals surface area contributed by atoms with Crippen molar-refractivity contribution in [1.82, 2.24) is 9.13 Å². The highest BCUT2D eigenvalue weighted by atomic mass is 15.1. The normalized spacial score (nSPS) is 11.9. The van der Waals surface area contributed by atoms with Gasteiger partial charge in [-0.25, -0.2) is 0 Å². The summed E-state index contributed by atoms with van der Waals surface area (Å²) in [5.41, 5.74) is 14.2. The highest BCUT2D eigenvalue weighted by Gasteiger charge is 2.22. The molecule has 0 amide bonds. The Morgan fingerprint density at radius 3 is 1.36 bits per heavy atom. The van der Waals surface area contributed by atoms with Gasteiger partial charge in [-0.15, -0.1) is 0 Å². The smallest absolute Gasteiger partial charge is 0.0542 e. The zero-order valence-corrected chi connectivity index (χ0v) is 31.3. The van der Waals surface area contributed by atoms with Crippen molar-refractivity contribution in [2.75, 3.05) is 4.90 Å². The van der Waals surface area contributed by atoms with E-state index in [1.165, 1.54) is 60.3 Å². The van der Waals surface area contributed by atoms with E-state index in [-0.39, 0.29) is 5.41 Å². The molecular formula is C52H41N3. The van der Waals surface area contributed by atoms with Gasteiger partial charge in [-0.3, -0.25) is 0 Å². The van der Waals surface area contributed by atoms with Crippen molar-refractivity contribution in [2.24, 2.45) is 0 Å². The van der Waals surface area contributed by atoms with Gasteiger partial charge in [0, 0.05) is 50.0 Å². The molecule has 0 aliphatic carbocycles. The van der Waals surface area contributed by atoms with Gasteiger partial charge in [0.05, 0.1) is 22.1 Å². The van der Waals surface area contributed by atoms with Crippen LogP contribution in [0.25, 0.3) is 66.1 Å². The van der Waals surface area contributed by atoms with E-state index in [9.17, 15) is 0 Å². The fraction of sp³-hybridized carbons (Fsp3) is 0.0769. The van der Waals surface area contributed by atoms with Crippen LogP contribution in [0.1, 0.15) is 26.3 Å². The molecule has 3 heteroatoms. The first-order valence-corrected chi connectivity index (χ1v) is 19.1. The maximum Gasteiger partial charge on any atom is 0.0542 e. The molecule has 0 radical (unpaired) electrons. The second kappa shape index (κ2) is 12.9. The van der Waals surface area contributed by atoms with Gasteiger partial charge in [0.25, 0.3) is 0 Å². The Morgan fingerprint density at radius 2 is 0.818 bits per heavy atom. The lowest BCUT2D eigenvalue weighted by Crippen LogP contribution is -2.13. The number of fused-ring (bicyclic) bond motifs is 6. The quantitative estimate of drug-likeness (QED) is 0.168. The van der Waals surface area contributed by atoms with Crippen LogP contribution in [0.2, 0.25) is 0 Å². The molecule has 0 aliphatic rings. The number of hydrogen-bond acceptors (Lipinski definition) is 1. The molecule has 10 aromatic rings. The molecule has 55 heavy (non-hydrogen) atoms. The van der Waals surface area contributed by atoms with Gasteiger partial charge >= 0.3 is 0 Å². The number of anilines is 3. The minimum absolute atomic E-state index is 0.00227. The first-order chi connectivity index (χ1) is 26.9. The van der Waals surface area contributed by atoms with Crippen LogP contribution in [-0.2, 0) is 5.41 Å².